The summed E-state index contributed by atoms with van der Waals surface area (Å²) >= 11 is 0. The summed E-state index contributed by atoms with van der Waals surface area (Å²) in [5, 5.41) is 0.315. The first-order chi connectivity index (χ1) is 11.5. The number of rotatable bonds is 9. The van der Waals surface area contributed by atoms with Gasteiger partial charge in [-0.25, -0.2) is 0 Å². The minimum absolute atomic E-state index is 0.203. The van der Waals surface area contributed by atoms with Crippen LogP contribution in [0.3, 0.4) is 0 Å². The second kappa shape index (κ2) is 9.00. The molecule has 6 heteroatoms. The van der Waals surface area contributed by atoms with Crippen LogP contribution in [0.5, 0.6) is 5.75 Å². The molecule has 1 N–H and O–H groups in total. The van der Waals surface area contributed by atoms with Gasteiger partial charge in [0, 0.05) is 7.11 Å². The predicted octanol–water partition coefficient (Wildman–Crippen LogP) is 3.15. The summed E-state index contributed by atoms with van der Waals surface area (Å²) in [5.74, 6) is 0.809. The van der Waals surface area contributed by atoms with Crippen LogP contribution in [-0.4, -0.2) is 31.8 Å². The van der Waals surface area contributed by atoms with Gasteiger partial charge in [0.2, 0.25) is 0 Å². The number of hydrogen-bond donors (Lipinski definition) is 1. The quantitative estimate of drug-likeness (QED) is 0.556. The summed E-state index contributed by atoms with van der Waals surface area (Å²) in [6.45, 7) is 2.98. The molecule has 1 unspecified atom stereocenters. The first kappa shape index (κ1) is 18.7. The molecule has 2 rings (SSSR count). The molecule has 0 aromatic heterocycles. The van der Waals surface area contributed by atoms with Crippen molar-refractivity contribution in [1.82, 2.24) is 0 Å². The Morgan fingerprint density at radius 2 is 1.54 bits per heavy atom. The van der Waals surface area contributed by atoms with E-state index in [9.17, 15) is 9.46 Å². The van der Waals surface area contributed by atoms with Gasteiger partial charge in [0.25, 0.3) is 0 Å². The van der Waals surface area contributed by atoms with E-state index >= 15 is 0 Å². The summed E-state index contributed by atoms with van der Waals surface area (Å²) in [6.07, 6.45) is 0.739. The largest absolute Gasteiger partial charge is 0.491 e. The average molecular weight is 350 g/mol. The van der Waals surface area contributed by atoms with Gasteiger partial charge in [0.15, 0.2) is 0 Å². The van der Waals surface area contributed by atoms with E-state index in [2.05, 4.69) is 0 Å². The van der Waals surface area contributed by atoms with Gasteiger partial charge in [-0.15, -0.1) is 0 Å². The van der Waals surface area contributed by atoms with E-state index < -0.39 is 7.60 Å². The molecule has 24 heavy (non-hydrogen) atoms. The molecule has 0 amide bonds. The molecule has 130 valence electrons. The maximum absolute atomic E-state index is 11.9. The Bertz CT molecular complexity index is 667. The Labute approximate surface area is 142 Å². The standard InChI is InChI=1S/C18H23O5P/c1-3-23-24(19,20)18-10-6-16(7-11-18)14-15-4-8-17(9-5-15)22-13-12-21-2/h4-11H,3,12-14H2,1-2H3,(H,19,20). The first-order valence-corrected chi connectivity index (χ1v) is 9.40. The van der Waals surface area contributed by atoms with Crippen LogP contribution in [0.1, 0.15) is 18.1 Å². The number of methoxy groups -OCH3 is 1. The van der Waals surface area contributed by atoms with Crippen molar-refractivity contribution in [3.8, 4) is 5.75 Å². The van der Waals surface area contributed by atoms with Crippen LogP contribution in [0.15, 0.2) is 48.5 Å². The highest BCUT2D eigenvalue weighted by Gasteiger charge is 2.21. The third-order valence-electron chi connectivity index (χ3n) is 3.45. The van der Waals surface area contributed by atoms with E-state index in [1.807, 2.05) is 36.4 Å². The Morgan fingerprint density at radius 1 is 0.958 bits per heavy atom. The summed E-state index contributed by atoms with van der Waals surface area (Å²) in [5.41, 5.74) is 2.20. The fourth-order valence-electron chi connectivity index (χ4n) is 2.23. The SMILES string of the molecule is CCOP(=O)(O)c1ccc(Cc2ccc(OCCOC)cc2)cc1. The molecule has 0 bridgehead atoms. The molecule has 0 saturated heterocycles. The molecule has 5 nitrogen and oxygen atoms in total. The highest BCUT2D eigenvalue weighted by atomic mass is 31.2. The maximum Gasteiger partial charge on any atom is 0.358 e. The third kappa shape index (κ3) is 5.46. The molecule has 0 saturated carbocycles. The van der Waals surface area contributed by atoms with Gasteiger partial charge in [-0.1, -0.05) is 24.3 Å². The molecule has 0 radical (unpaired) electrons. The van der Waals surface area contributed by atoms with Crippen LogP contribution >= 0.6 is 7.60 Å². The van der Waals surface area contributed by atoms with Crippen LogP contribution < -0.4 is 10.0 Å². The summed E-state index contributed by atoms with van der Waals surface area (Å²) in [6, 6.07) is 14.9. The number of hydrogen-bond acceptors (Lipinski definition) is 4. The van der Waals surface area contributed by atoms with E-state index in [0.717, 1.165) is 23.3 Å². The lowest BCUT2D eigenvalue weighted by Gasteiger charge is -2.11. The molecular weight excluding hydrogens is 327 g/mol. The van der Waals surface area contributed by atoms with Crippen LogP contribution in [0.25, 0.3) is 0 Å². The number of ether oxygens (including phenoxy) is 2. The van der Waals surface area contributed by atoms with Crippen molar-refractivity contribution in [1.29, 1.82) is 0 Å². The lowest BCUT2D eigenvalue weighted by Crippen LogP contribution is -2.07. The van der Waals surface area contributed by atoms with Crippen LogP contribution in [0.2, 0.25) is 0 Å². The number of benzene rings is 2. The van der Waals surface area contributed by atoms with Crippen LogP contribution in [0, 0.1) is 0 Å². The molecule has 2 aromatic carbocycles. The van der Waals surface area contributed by atoms with Gasteiger partial charge in [-0.3, -0.25) is 4.57 Å². The van der Waals surface area contributed by atoms with Gasteiger partial charge < -0.3 is 18.9 Å². The minimum Gasteiger partial charge on any atom is -0.491 e. The molecule has 0 aliphatic heterocycles. The second-order valence-corrected chi connectivity index (χ2v) is 7.08. The van der Waals surface area contributed by atoms with E-state index in [0.29, 0.717) is 18.5 Å². The molecule has 0 fully saturated rings. The molecule has 0 aliphatic carbocycles. The predicted molar refractivity (Wildman–Crippen MR) is 94.1 cm³/mol. The van der Waals surface area contributed by atoms with Crippen LogP contribution in [0.4, 0.5) is 0 Å². The zero-order valence-corrected chi connectivity index (χ0v) is 14.9. The second-order valence-electron chi connectivity index (χ2n) is 5.27. The highest BCUT2D eigenvalue weighted by Crippen LogP contribution is 2.40. The Hall–Kier alpha value is -1.65. The van der Waals surface area contributed by atoms with Gasteiger partial charge in [0.05, 0.1) is 18.5 Å². The van der Waals surface area contributed by atoms with Crippen molar-refractivity contribution in [2.45, 2.75) is 13.3 Å². The van der Waals surface area contributed by atoms with E-state index in [4.69, 9.17) is 14.0 Å². The molecule has 2 aromatic rings. The molecule has 0 heterocycles. The lowest BCUT2D eigenvalue weighted by atomic mass is 10.1. The summed E-state index contributed by atoms with van der Waals surface area (Å²) in [7, 11) is -2.05. The smallest absolute Gasteiger partial charge is 0.358 e. The zero-order valence-electron chi connectivity index (χ0n) is 14.0. The van der Waals surface area contributed by atoms with Gasteiger partial charge >= 0.3 is 7.60 Å². The molecule has 0 aliphatic rings. The van der Waals surface area contributed by atoms with E-state index in [1.165, 1.54) is 0 Å². The van der Waals surface area contributed by atoms with Gasteiger partial charge in [0.1, 0.15) is 12.4 Å². The van der Waals surface area contributed by atoms with Gasteiger partial charge in [-0.2, -0.15) is 0 Å². The average Bonchev–Trinajstić information content (AvgIpc) is 2.57. The minimum atomic E-state index is -3.69. The molecule has 1 atom stereocenters. The van der Waals surface area contributed by atoms with Crippen molar-refractivity contribution in [3.63, 3.8) is 0 Å². The molecular formula is C18H23O5P. The Kier molecular flexibility index (Phi) is 7.00. The maximum atomic E-state index is 11.9. The van der Waals surface area contributed by atoms with E-state index in [1.54, 1.807) is 26.2 Å². The first-order valence-electron chi connectivity index (χ1n) is 7.82. The van der Waals surface area contributed by atoms with Crippen molar-refractivity contribution < 1.29 is 23.5 Å². The topological polar surface area (TPSA) is 65.0 Å². The van der Waals surface area contributed by atoms with E-state index in [-0.39, 0.29) is 6.61 Å². The Morgan fingerprint density at radius 3 is 2.08 bits per heavy atom. The lowest BCUT2D eigenvalue weighted by molar-refractivity contribution is 0.146. The Balaban J connectivity index is 1.97. The van der Waals surface area contributed by atoms with Gasteiger partial charge in [-0.05, 0) is 48.7 Å². The van der Waals surface area contributed by atoms with Crippen molar-refractivity contribution >= 4 is 12.9 Å². The fraction of sp³-hybridized carbons (Fsp3) is 0.333. The fourth-order valence-corrected chi connectivity index (χ4v) is 3.26. The normalized spacial score (nSPS) is 13.5. The molecule has 0 spiro atoms. The van der Waals surface area contributed by atoms with Crippen molar-refractivity contribution in [2.24, 2.45) is 0 Å². The monoisotopic (exact) mass is 350 g/mol. The highest BCUT2D eigenvalue weighted by molar-refractivity contribution is 7.61. The summed E-state index contributed by atoms with van der Waals surface area (Å²) < 4.78 is 27.3. The van der Waals surface area contributed by atoms with Crippen molar-refractivity contribution in [2.75, 3.05) is 26.9 Å². The third-order valence-corrected chi connectivity index (χ3v) is 5.01. The zero-order chi connectivity index (χ0) is 17.4. The summed E-state index contributed by atoms with van der Waals surface area (Å²) in [4.78, 5) is 9.80. The van der Waals surface area contributed by atoms with Crippen molar-refractivity contribution in [3.05, 3.63) is 59.7 Å². The van der Waals surface area contributed by atoms with Crippen LogP contribution in [-0.2, 0) is 20.2 Å².